The Labute approximate surface area is 105 Å². The number of carbonyl (C=O) groups excluding carboxylic acids is 1. The molecule has 0 spiro atoms. The van der Waals surface area contributed by atoms with E-state index >= 15 is 0 Å². The van der Waals surface area contributed by atoms with E-state index in [0.29, 0.717) is 19.3 Å². The van der Waals surface area contributed by atoms with Gasteiger partial charge < -0.3 is 5.32 Å². The van der Waals surface area contributed by atoms with Crippen LogP contribution in [-0.4, -0.2) is 18.9 Å². The van der Waals surface area contributed by atoms with Gasteiger partial charge in [0.15, 0.2) is 5.78 Å². The third kappa shape index (κ3) is 2.29. The number of hydrogen-bond donors (Lipinski definition) is 1. The molecule has 0 unspecified atom stereocenters. The first-order chi connectivity index (χ1) is 8.59. The summed E-state index contributed by atoms with van der Waals surface area (Å²) in [5.74, 6) is -1.46. The smallest absolute Gasteiger partial charge is 0.172 e. The SMILES string of the molecule is CCC1(C(=O)c2cc(F)ccc2F)CCNCC1. The summed E-state index contributed by atoms with van der Waals surface area (Å²) in [4.78, 5) is 12.5. The highest BCUT2D eigenvalue weighted by Gasteiger charge is 2.39. The molecule has 0 amide bonds. The van der Waals surface area contributed by atoms with E-state index in [0.717, 1.165) is 31.3 Å². The Kier molecular flexibility index (Phi) is 3.76. The highest BCUT2D eigenvalue weighted by molar-refractivity contribution is 6.00. The molecule has 0 radical (unpaired) electrons. The second-order valence-electron chi connectivity index (χ2n) is 4.84. The molecule has 0 atom stereocenters. The summed E-state index contributed by atoms with van der Waals surface area (Å²) in [5.41, 5.74) is -0.654. The van der Waals surface area contributed by atoms with Crippen molar-refractivity contribution < 1.29 is 13.6 Å². The fourth-order valence-corrected chi connectivity index (χ4v) is 2.60. The van der Waals surface area contributed by atoms with E-state index in [1.807, 2.05) is 6.92 Å². The average Bonchev–Trinajstić information content (AvgIpc) is 2.41. The summed E-state index contributed by atoms with van der Waals surface area (Å²) in [6, 6.07) is 3.07. The Bertz CT molecular complexity index is 453. The van der Waals surface area contributed by atoms with Crippen molar-refractivity contribution in [2.24, 2.45) is 5.41 Å². The minimum atomic E-state index is -0.632. The largest absolute Gasteiger partial charge is 0.317 e. The summed E-state index contributed by atoms with van der Waals surface area (Å²) in [6.45, 7) is 3.42. The number of ketones is 1. The van der Waals surface area contributed by atoms with E-state index in [2.05, 4.69) is 5.32 Å². The fraction of sp³-hybridized carbons (Fsp3) is 0.500. The summed E-state index contributed by atoms with van der Waals surface area (Å²) in [5, 5.41) is 3.19. The van der Waals surface area contributed by atoms with Crippen LogP contribution in [0.2, 0.25) is 0 Å². The number of halogens is 2. The molecule has 0 aromatic heterocycles. The molecule has 2 rings (SSSR count). The molecular weight excluding hydrogens is 236 g/mol. The molecule has 1 aromatic carbocycles. The molecule has 1 saturated heterocycles. The molecule has 4 heteroatoms. The Balaban J connectivity index is 2.36. The first kappa shape index (κ1) is 13.1. The zero-order valence-electron chi connectivity index (χ0n) is 10.4. The van der Waals surface area contributed by atoms with Crippen LogP contribution in [0.5, 0.6) is 0 Å². The maximum absolute atomic E-state index is 13.7. The molecule has 1 aliphatic rings. The second-order valence-corrected chi connectivity index (χ2v) is 4.84. The van der Waals surface area contributed by atoms with Gasteiger partial charge in [-0.2, -0.15) is 0 Å². The lowest BCUT2D eigenvalue weighted by molar-refractivity contribution is 0.0712. The predicted molar refractivity (Wildman–Crippen MR) is 65.5 cm³/mol. The van der Waals surface area contributed by atoms with Crippen molar-refractivity contribution in [3.05, 3.63) is 35.4 Å². The lowest BCUT2D eigenvalue weighted by atomic mass is 9.71. The molecule has 0 aliphatic carbocycles. The summed E-state index contributed by atoms with van der Waals surface area (Å²) >= 11 is 0. The van der Waals surface area contributed by atoms with Crippen LogP contribution in [0.4, 0.5) is 8.78 Å². The van der Waals surface area contributed by atoms with Crippen molar-refractivity contribution in [3.63, 3.8) is 0 Å². The maximum atomic E-state index is 13.7. The van der Waals surface area contributed by atoms with Crippen LogP contribution < -0.4 is 5.32 Å². The number of rotatable bonds is 3. The van der Waals surface area contributed by atoms with Gasteiger partial charge in [0.25, 0.3) is 0 Å². The average molecular weight is 253 g/mol. The van der Waals surface area contributed by atoms with Gasteiger partial charge >= 0.3 is 0 Å². The highest BCUT2D eigenvalue weighted by Crippen LogP contribution is 2.36. The van der Waals surface area contributed by atoms with Gasteiger partial charge in [-0.25, -0.2) is 8.78 Å². The minimum Gasteiger partial charge on any atom is -0.317 e. The number of nitrogens with one attached hydrogen (secondary N) is 1. The summed E-state index contributed by atoms with van der Waals surface area (Å²) < 4.78 is 26.9. The zero-order valence-corrected chi connectivity index (χ0v) is 10.4. The Morgan fingerprint density at radius 3 is 2.61 bits per heavy atom. The van der Waals surface area contributed by atoms with E-state index in [1.165, 1.54) is 0 Å². The van der Waals surface area contributed by atoms with Crippen molar-refractivity contribution in [1.29, 1.82) is 0 Å². The molecular formula is C14H17F2NO. The van der Waals surface area contributed by atoms with Crippen molar-refractivity contribution in [3.8, 4) is 0 Å². The first-order valence-electron chi connectivity index (χ1n) is 6.29. The molecule has 0 saturated carbocycles. The van der Waals surface area contributed by atoms with Crippen LogP contribution in [0.25, 0.3) is 0 Å². The maximum Gasteiger partial charge on any atom is 0.172 e. The Morgan fingerprint density at radius 2 is 2.00 bits per heavy atom. The van der Waals surface area contributed by atoms with Gasteiger partial charge in [-0.05, 0) is 50.6 Å². The van der Waals surface area contributed by atoms with E-state index in [1.54, 1.807) is 0 Å². The summed E-state index contributed by atoms with van der Waals surface area (Å²) in [7, 11) is 0. The first-order valence-corrected chi connectivity index (χ1v) is 6.29. The van der Waals surface area contributed by atoms with Gasteiger partial charge in [0.05, 0.1) is 5.56 Å². The fourth-order valence-electron chi connectivity index (χ4n) is 2.60. The number of piperidine rings is 1. The van der Waals surface area contributed by atoms with Crippen LogP contribution >= 0.6 is 0 Å². The standard InChI is InChI=1S/C14H17F2NO/c1-2-14(5-7-17-8-6-14)13(18)11-9-10(15)3-4-12(11)16/h3-4,9,17H,2,5-8H2,1H3. The quantitative estimate of drug-likeness (QED) is 0.839. The minimum absolute atomic E-state index is 0.112. The topological polar surface area (TPSA) is 29.1 Å². The molecule has 18 heavy (non-hydrogen) atoms. The van der Waals surface area contributed by atoms with Gasteiger partial charge in [0.2, 0.25) is 0 Å². The molecule has 1 fully saturated rings. The monoisotopic (exact) mass is 253 g/mol. The normalized spacial score (nSPS) is 18.6. The van der Waals surface area contributed by atoms with Crippen LogP contribution in [0.15, 0.2) is 18.2 Å². The summed E-state index contributed by atoms with van der Waals surface area (Å²) in [6.07, 6.45) is 2.01. The number of benzene rings is 1. The molecule has 2 nitrogen and oxygen atoms in total. The van der Waals surface area contributed by atoms with Crippen LogP contribution in [-0.2, 0) is 0 Å². The van der Waals surface area contributed by atoms with Gasteiger partial charge in [-0.3, -0.25) is 4.79 Å². The van der Waals surface area contributed by atoms with Crippen LogP contribution in [0, 0.1) is 17.0 Å². The highest BCUT2D eigenvalue weighted by atomic mass is 19.1. The van der Waals surface area contributed by atoms with Crippen molar-refractivity contribution in [2.75, 3.05) is 13.1 Å². The predicted octanol–water partition coefficient (Wildman–Crippen LogP) is 2.93. The number of hydrogen-bond acceptors (Lipinski definition) is 2. The molecule has 1 N–H and O–H groups in total. The van der Waals surface area contributed by atoms with Crippen LogP contribution in [0.1, 0.15) is 36.5 Å². The molecule has 1 heterocycles. The van der Waals surface area contributed by atoms with Gasteiger partial charge in [-0.15, -0.1) is 0 Å². The number of Topliss-reactive ketones (excluding diaryl/α,β-unsaturated/α-hetero) is 1. The third-order valence-corrected chi connectivity index (χ3v) is 3.89. The van der Waals surface area contributed by atoms with E-state index in [9.17, 15) is 13.6 Å². The van der Waals surface area contributed by atoms with Crippen molar-refractivity contribution >= 4 is 5.78 Å². The van der Waals surface area contributed by atoms with Gasteiger partial charge in [-0.1, -0.05) is 6.92 Å². The lowest BCUT2D eigenvalue weighted by Crippen LogP contribution is -2.42. The molecule has 1 aromatic rings. The van der Waals surface area contributed by atoms with E-state index < -0.39 is 17.0 Å². The third-order valence-electron chi connectivity index (χ3n) is 3.89. The van der Waals surface area contributed by atoms with E-state index in [-0.39, 0.29) is 11.3 Å². The molecule has 1 aliphatic heterocycles. The van der Waals surface area contributed by atoms with E-state index in [4.69, 9.17) is 0 Å². The Hall–Kier alpha value is -1.29. The second kappa shape index (κ2) is 5.14. The van der Waals surface area contributed by atoms with Gasteiger partial charge in [0, 0.05) is 5.41 Å². The van der Waals surface area contributed by atoms with Crippen LogP contribution in [0.3, 0.4) is 0 Å². The van der Waals surface area contributed by atoms with Crippen molar-refractivity contribution in [1.82, 2.24) is 5.32 Å². The zero-order chi connectivity index (χ0) is 13.2. The van der Waals surface area contributed by atoms with Gasteiger partial charge in [0.1, 0.15) is 11.6 Å². The molecule has 98 valence electrons. The lowest BCUT2D eigenvalue weighted by Gasteiger charge is -2.35. The van der Waals surface area contributed by atoms with Crippen molar-refractivity contribution in [2.45, 2.75) is 26.2 Å². The molecule has 0 bridgehead atoms. The Morgan fingerprint density at radius 1 is 1.33 bits per heavy atom. The number of carbonyl (C=O) groups is 1.